The molecule has 78 valence electrons. The van der Waals surface area contributed by atoms with E-state index in [0.717, 1.165) is 11.1 Å². The first-order valence-corrected chi connectivity index (χ1v) is 4.79. The Morgan fingerprint density at radius 1 is 1.47 bits per heavy atom. The number of carbonyl (C=O) groups excluding carboxylic acids is 1. The van der Waals surface area contributed by atoms with E-state index in [1.807, 2.05) is 26.0 Å². The zero-order chi connectivity index (χ0) is 11.3. The summed E-state index contributed by atoms with van der Waals surface area (Å²) in [5.41, 5.74) is 3.47. The minimum Gasteiger partial charge on any atom is -0.346 e. The van der Waals surface area contributed by atoms with Crippen molar-refractivity contribution in [2.75, 3.05) is 6.54 Å². The maximum atomic E-state index is 11.1. The molecule has 0 bridgehead atoms. The Labute approximate surface area is 89.9 Å². The standard InChI is InChI=1S/C12H14N2O/c1-9-4-5-11(10(2)6-9)7-14-12(15)8-13-3/h4-6H,7-8H2,1-2H3,(H,14,15). The van der Waals surface area contributed by atoms with Gasteiger partial charge < -0.3 is 10.2 Å². The molecular weight excluding hydrogens is 188 g/mol. The van der Waals surface area contributed by atoms with Crippen LogP contribution in [0.3, 0.4) is 0 Å². The van der Waals surface area contributed by atoms with Gasteiger partial charge in [0.15, 0.2) is 0 Å². The van der Waals surface area contributed by atoms with Crippen LogP contribution in [0.1, 0.15) is 16.7 Å². The lowest BCUT2D eigenvalue weighted by Gasteiger charge is -2.06. The van der Waals surface area contributed by atoms with Crippen molar-refractivity contribution < 1.29 is 4.79 Å². The van der Waals surface area contributed by atoms with Gasteiger partial charge in [-0.25, -0.2) is 6.57 Å². The lowest BCUT2D eigenvalue weighted by Crippen LogP contribution is -2.24. The summed E-state index contributed by atoms with van der Waals surface area (Å²) in [7, 11) is 0. The van der Waals surface area contributed by atoms with Crippen LogP contribution in [0.5, 0.6) is 0 Å². The van der Waals surface area contributed by atoms with Crippen LogP contribution in [-0.4, -0.2) is 12.5 Å². The van der Waals surface area contributed by atoms with Crippen LogP contribution < -0.4 is 5.32 Å². The molecule has 0 aromatic heterocycles. The second-order valence-corrected chi connectivity index (χ2v) is 3.52. The molecule has 1 amide bonds. The molecule has 3 heteroatoms. The third-order valence-electron chi connectivity index (χ3n) is 2.20. The summed E-state index contributed by atoms with van der Waals surface area (Å²) in [6, 6.07) is 6.10. The molecule has 0 spiro atoms. The van der Waals surface area contributed by atoms with Gasteiger partial charge in [-0.05, 0) is 25.0 Å². The zero-order valence-electron chi connectivity index (χ0n) is 9.00. The van der Waals surface area contributed by atoms with Crippen molar-refractivity contribution in [3.05, 3.63) is 46.3 Å². The van der Waals surface area contributed by atoms with E-state index in [4.69, 9.17) is 6.57 Å². The number of aryl methyl sites for hydroxylation is 2. The highest BCUT2D eigenvalue weighted by molar-refractivity contribution is 5.79. The molecule has 0 radical (unpaired) electrons. The predicted octanol–water partition coefficient (Wildman–Crippen LogP) is 1.84. The Bertz CT molecular complexity index is 405. The fourth-order valence-corrected chi connectivity index (χ4v) is 1.37. The molecule has 0 heterocycles. The van der Waals surface area contributed by atoms with Crippen molar-refractivity contribution in [1.29, 1.82) is 0 Å². The largest absolute Gasteiger partial charge is 0.346 e. The second-order valence-electron chi connectivity index (χ2n) is 3.52. The highest BCUT2D eigenvalue weighted by Crippen LogP contribution is 2.09. The molecule has 0 saturated carbocycles. The number of nitrogens with one attached hydrogen (secondary N) is 1. The molecule has 0 aliphatic rings. The maximum absolute atomic E-state index is 11.1. The summed E-state index contributed by atoms with van der Waals surface area (Å²) < 4.78 is 0. The molecule has 0 atom stereocenters. The Morgan fingerprint density at radius 2 is 2.20 bits per heavy atom. The second kappa shape index (κ2) is 5.16. The average molecular weight is 202 g/mol. The average Bonchev–Trinajstić information content (AvgIpc) is 2.17. The van der Waals surface area contributed by atoms with E-state index in [1.165, 1.54) is 5.56 Å². The molecule has 1 aromatic rings. The van der Waals surface area contributed by atoms with Gasteiger partial charge in [0.25, 0.3) is 12.5 Å². The number of benzene rings is 1. The molecule has 0 aliphatic carbocycles. The fraction of sp³-hybridized carbons (Fsp3) is 0.333. The lowest BCUT2D eigenvalue weighted by molar-refractivity contribution is -0.119. The van der Waals surface area contributed by atoms with E-state index in [9.17, 15) is 4.79 Å². The van der Waals surface area contributed by atoms with Crippen LogP contribution in [0.15, 0.2) is 18.2 Å². The highest BCUT2D eigenvalue weighted by atomic mass is 16.1. The minimum absolute atomic E-state index is 0.0924. The number of hydrogen-bond acceptors (Lipinski definition) is 1. The molecule has 3 nitrogen and oxygen atoms in total. The monoisotopic (exact) mass is 202 g/mol. The van der Waals surface area contributed by atoms with Gasteiger partial charge in [-0.2, -0.15) is 0 Å². The smallest absolute Gasteiger partial charge is 0.300 e. The molecule has 0 fully saturated rings. The summed E-state index contributed by atoms with van der Waals surface area (Å²) >= 11 is 0. The van der Waals surface area contributed by atoms with Crippen LogP contribution in [0, 0.1) is 20.4 Å². The first-order valence-electron chi connectivity index (χ1n) is 4.79. The van der Waals surface area contributed by atoms with Gasteiger partial charge in [-0.15, -0.1) is 0 Å². The van der Waals surface area contributed by atoms with Crippen molar-refractivity contribution in [2.24, 2.45) is 0 Å². The normalized spacial score (nSPS) is 9.40. The van der Waals surface area contributed by atoms with Gasteiger partial charge in [-0.1, -0.05) is 23.8 Å². The summed E-state index contributed by atoms with van der Waals surface area (Å²) in [4.78, 5) is 14.1. The molecule has 1 N–H and O–H groups in total. The number of carbonyl (C=O) groups is 1. The maximum Gasteiger partial charge on any atom is 0.300 e. The molecule has 1 rings (SSSR count). The van der Waals surface area contributed by atoms with E-state index < -0.39 is 0 Å². The third kappa shape index (κ3) is 3.43. The Kier molecular flexibility index (Phi) is 3.87. The summed E-state index contributed by atoms with van der Waals surface area (Å²) in [5, 5.41) is 2.71. The number of nitrogens with zero attached hydrogens (tertiary/aromatic N) is 1. The SMILES string of the molecule is [C-]#[N+]CC(=O)NCc1ccc(C)cc1C. The number of hydrogen-bond donors (Lipinski definition) is 1. The van der Waals surface area contributed by atoms with Crippen LogP contribution >= 0.6 is 0 Å². The first-order chi connectivity index (χ1) is 7.13. The molecule has 0 aliphatic heterocycles. The van der Waals surface area contributed by atoms with Gasteiger partial charge in [0.05, 0.1) is 0 Å². The van der Waals surface area contributed by atoms with Gasteiger partial charge in [0.1, 0.15) is 0 Å². The summed E-state index contributed by atoms with van der Waals surface area (Å²) in [5.74, 6) is -0.218. The van der Waals surface area contributed by atoms with Crippen LogP contribution in [0.25, 0.3) is 4.85 Å². The van der Waals surface area contributed by atoms with E-state index in [0.29, 0.717) is 6.54 Å². The van der Waals surface area contributed by atoms with Crippen molar-refractivity contribution in [3.8, 4) is 0 Å². The van der Waals surface area contributed by atoms with Crippen LogP contribution in [0.4, 0.5) is 0 Å². The Morgan fingerprint density at radius 3 is 2.80 bits per heavy atom. The Balaban J connectivity index is 2.59. The van der Waals surface area contributed by atoms with Gasteiger partial charge in [0, 0.05) is 6.54 Å². The lowest BCUT2D eigenvalue weighted by atomic mass is 10.1. The van der Waals surface area contributed by atoms with E-state index in [1.54, 1.807) is 0 Å². The van der Waals surface area contributed by atoms with Gasteiger partial charge in [-0.3, -0.25) is 4.79 Å². The molecular formula is C12H14N2O. The predicted molar refractivity (Wildman–Crippen MR) is 59.2 cm³/mol. The van der Waals surface area contributed by atoms with Gasteiger partial charge in [0.2, 0.25) is 0 Å². The Hall–Kier alpha value is -1.82. The van der Waals surface area contributed by atoms with Crippen molar-refractivity contribution >= 4 is 5.91 Å². The quantitative estimate of drug-likeness (QED) is 0.745. The zero-order valence-corrected chi connectivity index (χ0v) is 9.00. The fourth-order valence-electron chi connectivity index (χ4n) is 1.37. The molecule has 0 saturated heterocycles. The van der Waals surface area contributed by atoms with Crippen LogP contribution in [-0.2, 0) is 11.3 Å². The first kappa shape index (κ1) is 11.3. The third-order valence-corrected chi connectivity index (χ3v) is 2.20. The van der Waals surface area contributed by atoms with E-state index in [-0.39, 0.29) is 12.5 Å². The van der Waals surface area contributed by atoms with E-state index in [2.05, 4.69) is 16.2 Å². The summed E-state index contributed by atoms with van der Waals surface area (Å²) in [6.45, 7) is 11.0. The van der Waals surface area contributed by atoms with Crippen molar-refractivity contribution in [1.82, 2.24) is 5.32 Å². The van der Waals surface area contributed by atoms with Crippen LogP contribution in [0.2, 0.25) is 0 Å². The molecule has 1 aromatic carbocycles. The van der Waals surface area contributed by atoms with Gasteiger partial charge >= 0.3 is 0 Å². The molecule has 0 unspecified atom stereocenters. The number of amides is 1. The van der Waals surface area contributed by atoms with Crippen molar-refractivity contribution in [2.45, 2.75) is 20.4 Å². The van der Waals surface area contributed by atoms with Crippen molar-refractivity contribution in [3.63, 3.8) is 0 Å². The molecule has 15 heavy (non-hydrogen) atoms. The number of rotatable bonds is 3. The minimum atomic E-state index is -0.218. The highest BCUT2D eigenvalue weighted by Gasteiger charge is 2.04. The topological polar surface area (TPSA) is 33.5 Å². The summed E-state index contributed by atoms with van der Waals surface area (Å²) in [6.07, 6.45) is 0. The van der Waals surface area contributed by atoms with E-state index >= 15 is 0 Å².